The van der Waals surface area contributed by atoms with E-state index in [2.05, 4.69) is 25.3 Å². The van der Waals surface area contributed by atoms with Gasteiger partial charge in [-0.3, -0.25) is 14.2 Å². The third-order valence-electron chi connectivity index (χ3n) is 4.63. The van der Waals surface area contributed by atoms with Gasteiger partial charge in [-0.05, 0) is 25.5 Å². The first kappa shape index (κ1) is 18.7. The van der Waals surface area contributed by atoms with E-state index in [1.54, 1.807) is 40.4 Å². The van der Waals surface area contributed by atoms with E-state index in [0.29, 0.717) is 30.3 Å². The van der Waals surface area contributed by atoms with Crippen molar-refractivity contribution in [2.75, 3.05) is 6.61 Å². The third kappa shape index (κ3) is 3.25. The van der Waals surface area contributed by atoms with Crippen LogP contribution in [0.2, 0.25) is 0 Å². The predicted octanol–water partition coefficient (Wildman–Crippen LogP) is 0.417. The first-order valence-electron chi connectivity index (χ1n) is 9.08. The molecule has 0 spiro atoms. The second kappa shape index (κ2) is 7.09. The molecule has 4 aromatic rings. The number of carbonyl (C=O) groups is 1. The molecular weight excluding hydrogens is 374 g/mol. The standard InChI is InChI=1S/C18H21N9O2/c1-10-7-14(27(23-10)5-4-6-28)17-22-18(26(3)24-17)15-11-9-20-25(2)13(11)8-12(21-15)16(19)29/h7-9,28H,4-6H2,1-3H3,(H2,19,29). The van der Waals surface area contributed by atoms with Crippen LogP contribution in [0.3, 0.4) is 0 Å². The minimum absolute atomic E-state index is 0.0715. The molecule has 0 aliphatic carbocycles. The molecule has 4 aromatic heterocycles. The second-order valence-corrected chi connectivity index (χ2v) is 6.78. The Kier molecular flexibility index (Phi) is 4.59. The molecule has 29 heavy (non-hydrogen) atoms. The summed E-state index contributed by atoms with van der Waals surface area (Å²) in [4.78, 5) is 20.9. The Morgan fingerprint density at radius 1 is 1.17 bits per heavy atom. The van der Waals surface area contributed by atoms with Crippen molar-refractivity contribution in [1.29, 1.82) is 0 Å². The summed E-state index contributed by atoms with van der Waals surface area (Å²) in [6, 6.07) is 3.50. The summed E-state index contributed by atoms with van der Waals surface area (Å²) in [5, 5.41) is 23.1. The number of aryl methyl sites for hydroxylation is 4. The molecular formula is C18H21N9O2. The van der Waals surface area contributed by atoms with E-state index in [4.69, 9.17) is 10.8 Å². The second-order valence-electron chi connectivity index (χ2n) is 6.78. The number of nitrogens with zero attached hydrogens (tertiary/aromatic N) is 8. The number of hydrogen-bond donors (Lipinski definition) is 2. The highest BCUT2D eigenvalue weighted by Gasteiger charge is 2.21. The monoisotopic (exact) mass is 395 g/mol. The van der Waals surface area contributed by atoms with Gasteiger partial charge in [0.25, 0.3) is 5.91 Å². The molecule has 0 bridgehead atoms. The number of aliphatic hydroxyl groups excluding tert-OH is 1. The maximum absolute atomic E-state index is 11.8. The number of primary amides is 1. The van der Waals surface area contributed by atoms with Crippen molar-refractivity contribution in [3.05, 3.63) is 29.7 Å². The Labute approximate surface area is 165 Å². The van der Waals surface area contributed by atoms with Gasteiger partial charge in [-0.15, -0.1) is 5.10 Å². The van der Waals surface area contributed by atoms with Crippen LogP contribution < -0.4 is 5.73 Å². The molecule has 4 rings (SSSR count). The Balaban J connectivity index is 1.87. The van der Waals surface area contributed by atoms with Crippen molar-refractivity contribution in [3.63, 3.8) is 0 Å². The normalized spacial score (nSPS) is 11.4. The average Bonchev–Trinajstić information content (AvgIpc) is 3.36. The fraction of sp³-hybridized carbons (Fsp3) is 0.333. The van der Waals surface area contributed by atoms with Gasteiger partial charge in [0.15, 0.2) is 11.6 Å². The number of nitrogens with two attached hydrogens (primary N) is 1. The van der Waals surface area contributed by atoms with Crippen LogP contribution in [0.15, 0.2) is 18.3 Å². The topological polar surface area (TPSA) is 143 Å². The van der Waals surface area contributed by atoms with Gasteiger partial charge in [0.05, 0.1) is 17.4 Å². The van der Waals surface area contributed by atoms with Crippen LogP contribution in [0.1, 0.15) is 22.6 Å². The zero-order valence-electron chi connectivity index (χ0n) is 16.4. The number of fused-ring (bicyclic) bond motifs is 1. The van der Waals surface area contributed by atoms with Gasteiger partial charge < -0.3 is 10.8 Å². The molecule has 4 heterocycles. The van der Waals surface area contributed by atoms with Crippen molar-refractivity contribution >= 4 is 16.8 Å². The van der Waals surface area contributed by atoms with E-state index in [1.165, 1.54) is 0 Å². The maximum atomic E-state index is 11.8. The number of hydrogen-bond acceptors (Lipinski definition) is 7. The van der Waals surface area contributed by atoms with Crippen molar-refractivity contribution in [1.82, 2.24) is 39.3 Å². The maximum Gasteiger partial charge on any atom is 0.267 e. The highest BCUT2D eigenvalue weighted by Crippen LogP contribution is 2.28. The molecule has 0 unspecified atom stereocenters. The number of amides is 1. The quantitative estimate of drug-likeness (QED) is 0.481. The Morgan fingerprint density at radius 2 is 1.97 bits per heavy atom. The van der Waals surface area contributed by atoms with Gasteiger partial charge >= 0.3 is 0 Å². The van der Waals surface area contributed by atoms with Crippen LogP contribution in [-0.4, -0.2) is 56.9 Å². The number of aliphatic hydroxyl groups is 1. The molecule has 0 fully saturated rings. The number of rotatable bonds is 6. The smallest absolute Gasteiger partial charge is 0.267 e. The summed E-state index contributed by atoms with van der Waals surface area (Å²) in [6.45, 7) is 2.51. The first-order valence-corrected chi connectivity index (χ1v) is 9.08. The van der Waals surface area contributed by atoms with E-state index in [1.807, 2.05) is 13.0 Å². The zero-order chi connectivity index (χ0) is 20.7. The molecule has 0 aliphatic heterocycles. The van der Waals surface area contributed by atoms with Crippen LogP contribution in [0.4, 0.5) is 0 Å². The molecule has 11 nitrogen and oxygen atoms in total. The van der Waals surface area contributed by atoms with E-state index in [9.17, 15) is 4.79 Å². The third-order valence-corrected chi connectivity index (χ3v) is 4.63. The van der Waals surface area contributed by atoms with E-state index < -0.39 is 5.91 Å². The molecule has 0 aromatic carbocycles. The molecule has 150 valence electrons. The van der Waals surface area contributed by atoms with Gasteiger partial charge in [-0.25, -0.2) is 14.6 Å². The van der Waals surface area contributed by atoms with Gasteiger partial charge in [0, 0.05) is 32.6 Å². The van der Waals surface area contributed by atoms with Crippen molar-refractivity contribution in [2.24, 2.45) is 19.8 Å². The number of aromatic nitrogens is 8. The summed E-state index contributed by atoms with van der Waals surface area (Å²) in [6.07, 6.45) is 2.25. The van der Waals surface area contributed by atoms with E-state index in [0.717, 1.165) is 22.3 Å². The molecule has 3 N–H and O–H groups in total. The largest absolute Gasteiger partial charge is 0.396 e. The highest BCUT2D eigenvalue weighted by molar-refractivity contribution is 5.99. The molecule has 0 radical (unpaired) electrons. The minimum atomic E-state index is -0.630. The van der Waals surface area contributed by atoms with Gasteiger partial charge in [0.1, 0.15) is 17.1 Å². The van der Waals surface area contributed by atoms with Gasteiger partial charge in [0.2, 0.25) is 0 Å². The lowest BCUT2D eigenvalue weighted by Crippen LogP contribution is -2.14. The van der Waals surface area contributed by atoms with Crippen LogP contribution in [-0.2, 0) is 20.6 Å². The molecule has 0 aliphatic rings. The summed E-state index contributed by atoms with van der Waals surface area (Å²) in [5.74, 6) is 0.326. The molecule has 0 saturated heterocycles. The fourth-order valence-electron chi connectivity index (χ4n) is 3.26. The zero-order valence-corrected chi connectivity index (χ0v) is 16.4. The van der Waals surface area contributed by atoms with Crippen molar-refractivity contribution < 1.29 is 9.90 Å². The minimum Gasteiger partial charge on any atom is -0.396 e. The van der Waals surface area contributed by atoms with Crippen molar-refractivity contribution in [2.45, 2.75) is 19.9 Å². The van der Waals surface area contributed by atoms with Crippen LogP contribution in [0, 0.1) is 6.92 Å². The average molecular weight is 395 g/mol. The first-order chi connectivity index (χ1) is 13.9. The predicted molar refractivity (Wildman–Crippen MR) is 105 cm³/mol. The highest BCUT2D eigenvalue weighted by atomic mass is 16.3. The Hall–Kier alpha value is -3.60. The van der Waals surface area contributed by atoms with E-state index >= 15 is 0 Å². The van der Waals surface area contributed by atoms with E-state index in [-0.39, 0.29) is 12.3 Å². The van der Waals surface area contributed by atoms with Crippen LogP contribution in [0.5, 0.6) is 0 Å². The summed E-state index contributed by atoms with van der Waals surface area (Å²) in [7, 11) is 3.54. The molecule has 1 amide bonds. The van der Waals surface area contributed by atoms with Crippen LogP contribution >= 0.6 is 0 Å². The fourth-order valence-corrected chi connectivity index (χ4v) is 3.26. The SMILES string of the molecule is Cc1cc(-c2nc(-c3nc(C(N)=O)cc4c3cnn4C)n(C)n2)n(CCCO)n1. The van der Waals surface area contributed by atoms with Crippen LogP contribution in [0.25, 0.3) is 33.9 Å². The molecule has 0 atom stereocenters. The summed E-state index contributed by atoms with van der Waals surface area (Å²) in [5.41, 5.74) is 8.36. The lowest BCUT2D eigenvalue weighted by Gasteiger charge is -2.04. The van der Waals surface area contributed by atoms with Gasteiger partial charge in [-0.2, -0.15) is 10.2 Å². The molecule has 0 saturated carbocycles. The summed E-state index contributed by atoms with van der Waals surface area (Å²) >= 11 is 0. The number of carbonyl (C=O) groups excluding carboxylic acids is 1. The summed E-state index contributed by atoms with van der Waals surface area (Å²) < 4.78 is 5.03. The molecule has 11 heteroatoms. The Morgan fingerprint density at radius 3 is 2.69 bits per heavy atom. The lowest BCUT2D eigenvalue weighted by atomic mass is 10.2. The Bertz CT molecular complexity index is 1220. The number of pyridine rings is 1. The lowest BCUT2D eigenvalue weighted by molar-refractivity contribution is 0.0996. The van der Waals surface area contributed by atoms with Crippen molar-refractivity contribution in [3.8, 4) is 23.0 Å². The van der Waals surface area contributed by atoms with Gasteiger partial charge in [-0.1, -0.05) is 0 Å².